The molecule has 2 aromatic heterocycles. The van der Waals surface area contributed by atoms with E-state index in [0.29, 0.717) is 12.3 Å². The molecule has 0 atom stereocenters. The summed E-state index contributed by atoms with van der Waals surface area (Å²) < 4.78 is 2.00. The van der Waals surface area contributed by atoms with Crippen molar-refractivity contribution in [2.24, 2.45) is 7.05 Å². The van der Waals surface area contributed by atoms with Gasteiger partial charge in [-0.3, -0.25) is 9.48 Å². The molecule has 1 aliphatic heterocycles. The summed E-state index contributed by atoms with van der Waals surface area (Å²) in [5, 5.41) is 6.68. The monoisotopic (exact) mass is 330 g/mol. The molecule has 0 N–H and O–H groups in total. The highest BCUT2D eigenvalue weighted by atomic mass is 32.1. The quantitative estimate of drug-likeness (QED) is 0.863. The Morgan fingerprint density at radius 1 is 1.30 bits per heavy atom. The van der Waals surface area contributed by atoms with Gasteiger partial charge in [-0.05, 0) is 24.3 Å². The smallest absolute Gasteiger partial charge is 0.227 e. The number of nitrogens with zero attached hydrogens (tertiary/aromatic N) is 4. The number of hydrogen-bond donors (Lipinski definition) is 0. The van der Waals surface area contributed by atoms with E-state index in [1.54, 1.807) is 11.3 Å². The van der Waals surface area contributed by atoms with Gasteiger partial charge in [0.05, 0.1) is 12.1 Å². The number of thiophene rings is 1. The highest BCUT2D eigenvalue weighted by molar-refractivity contribution is 7.10. The zero-order valence-electron chi connectivity index (χ0n) is 13.4. The van der Waals surface area contributed by atoms with Gasteiger partial charge in [-0.2, -0.15) is 5.10 Å². The molecule has 0 aromatic carbocycles. The Morgan fingerprint density at radius 3 is 2.74 bits per heavy atom. The molecule has 0 unspecified atom stereocenters. The summed E-state index contributed by atoms with van der Waals surface area (Å²) in [6.45, 7) is 3.38. The number of anilines is 1. The molecular formula is C17H22N4OS. The van der Waals surface area contributed by atoms with Gasteiger partial charge in [0.15, 0.2) is 0 Å². The number of aromatic nitrogens is 2. The fraction of sp³-hybridized carbons (Fsp3) is 0.529. The van der Waals surface area contributed by atoms with Crippen LogP contribution in [0.1, 0.15) is 29.3 Å². The van der Waals surface area contributed by atoms with Gasteiger partial charge in [-0.25, -0.2) is 0 Å². The Labute approximate surface area is 140 Å². The van der Waals surface area contributed by atoms with E-state index in [4.69, 9.17) is 0 Å². The second kappa shape index (κ2) is 6.00. The minimum Gasteiger partial charge on any atom is -0.353 e. The zero-order chi connectivity index (χ0) is 15.8. The number of hydrogen-bond acceptors (Lipinski definition) is 4. The minimum absolute atomic E-state index is 0.246. The van der Waals surface area contributed by atoms with E-state index in [-0.39, 0.29) is 5.91 Å². The first-order chi connectivity index (χ1) is 11.2. The van der Waals surface area contributed by atoms with Crippen LogP contribution in [-0.2, 0) is 18.3 Å². The van der Waals surface area contributed by atoms with Crippen LogP contribution >= 0.6 is 11.3 Å². The fourth-order valence-corrected chi connectivity index (χ4v) is 3.91. The molecule has 5 nitrogen and oxygen atoms in total. The predicted octanol–water partition coefficient (Wildman–Crippen LogP) is 2.25. The molecule has 2 aromatic rings. The Hall–Kier alpha value is -1.82. The lowest BCUT2D eigenvalue weighted by Crippen LogP contribution is -2.49. The summed E-state index contributed by atoms with van der Waals surface area (Å²) in [6, 6.07) is 6.28. The summed E-state index contributed by atoms with van der Waals surface area (Å²) in [7, 11) is 2.02. The van der Waals surface area contributed by atoms with Gasteiger partial charge in [-0.15, -0.1) is 11.3 Å². The molecular weight excluding hydrogens is 308 g/mol. The minimum atomic E-state index is 0.246. The second-order valence-corrected chi connectivity index (χ2v) is 7.48. The molecule has 2 fully saturated rings. The van der Waals surface area contributed by atoms with Crippen molar-refractivity contribution in [3.63, 3.8) is 0 Å². The summed E-state index contributed by atoms with van der Waals surface area (Å²) in [6.07, 6.45) is 3.10. The Morgan fingerprint density at radius 2 is 2.09 bits per heavy atom. The molecule has 1 saturated carbocycles. The number of aryl methyl sites for hydroxylation is 1. The average molecular weight is 330 g/mol. The van der Waals surface area contributed by atoms with Crippen LogP contribution in [0.25, 0.3) is 0 Å². The molecule has 1 amide bonds. The first-order valence-corrected chi connectivity index (χ1v) is 9.18. The molecule has 0 spiro atoms. The number of carbonyl (C=O) groups excluding carboxylic acids is 1. The Balaban J connectivity index is 1.36. The molecule has 1 saturated heterocycles. The molecule has 0 bridgehead atoms. The third-order valence-electron chi connectivity index (χ3n) is 4.73. The first-order valence-electron chi connectivity index (χ1n) is 8.30. The van der Waals surface area contributed by atoms with Gasteiger partial charge in [0.1, 0.15) is 5.82 Å². The highest BCUT2D eigenvalue weighted by Crippen LogP contribution is 2.40. The van der Waals surface area contributed by atoms with Gasteiger partial charge >= 0.3 is 0 Å². The molecule has 0 radical (unpaired) electrons. The van der Waals surface area contributed by atoms with Crippen molar-refractivity contribution in [2.45, 2.75) is 25.2 Å². The maximum Gasteiger partial charge on any atom is 0.227 e. The Bertz CT molecular complexity index is 682. The standard InChI is InChI=1S/C17H22N4OS/c1-19-16(12-15(18-19)13-4-5-13)20-6-8-21(9-7-20)17(22)11-14-3-2-10-23-14/h2-3,10,12-13H,4-9,11H2,1H3. The van der Waals surface area contributed by atoms with Crippen LogP contribution < -0.4 is 4.90 Å². The lowest BCUT2D eigenvalue weighted by molar-refractivity contribution is -0.130. The summed E-state index contributed by atoms with van der Waals surface area (Å²) in [5.74, 6) is 2.12. The fourth-order valence-electron chi connectivity index (χ4n) is 3.21. The largest absolute Gasteiger partial charge is 0.353 e. The lowest BCUT2D eigenvalue weighted by atomic mass is 10.2. The first kappa shape index (κ1) is 14.8. The summed E-state index contributed by atoms with van der Waals surface area (Å²) in [5.41, 5.74) is 1.23. The molecule has 6 heteroatoms. The van der Waals surface area contributed by atoms with Crippen LogP contribution in [0.2, 0.25) is 0 Å². The van der Waals surface area contributed by atoms with Crippen molar-refractivity contribution in [1.29, 1.82) is 0 Å². The number of carbonyl (C=O) groups is 1. The topological polar surface area (TPSA) is 41.4 Å². The lowest BCUT2D eigenvalue weighted by Gasteiger charge is -2.35. The van der Waals surface area contributed by atoms with Gasteiger partial charge in [0.2, 0.25) is 5.91 Å². The molecule has 4 rings (SSSR count). The van der Waals surface area contributed by atoms with E-state index in [1.807, 2.05) is 34.1 Å². The molecule has 2 aliphatic rings. The Kier molecular flexibility index (Phi) is 3.85. The van der Waals surface area contributed by atoms with Crippen LogP contribution in [0.15, 0.2) is 23.6 Å². The van der Waals surface area contributed by atoms with Crippen LogP contribution in [-0.4, -0.2) is 46.8 Å². The molecule has 122 valence electrons. The number of rotatable bonds is 4. The number of amides is 1. The van der Waals surface area contributed by atoms with E-state index in [1.165, 1.54) is 24.4 Å². The number of piperazine rings is 1. The third kappa shape index (κ3) is 3.13. The van der Waals surface area contributed by atoms with Gasteiger partial charge in [0.25, 0.3) is 0 Å². The highest BCUT2D eigenvalue weighted by Gasteiger charge is 2.29. The maximum atomic E-state index is 12.4. The normalized spacial score (nSPS) is 18.5. The van der Waals surface area contributed by atoms with Crippen LogP contribution in [0, 0.1) is 0 Å². The van der Waals surface area contributed by atoms with Gasteiger partial charge < -0.3 is 9.80 Å². The summed E-state index contributed by atoms with van der Waals surface area (Å²) >= 11 is 1.66. The van der Waals surface area contributed by atoms with E-state index in [0.717, 1.165) is 31.1 Å². The SMILES string of the molecule is Cn1nc(C2CC2)cc1N1CCN(C(=O)Cc2cccs2)CC1. The van der Waals surface area contributed by atoms with Crippen molar-refractivity contribution >= 4 is 23.1 Å². The molecule has 1 aliphatic carbocycles. The molecule has 3 heterocycles. The summed E-state index contributed by atoms with van der Waals surface area (Å²) in [4.78, 5) is 17.9. The van der Waals surface area contributed by atoms with E-state index in [2.05, 4.69) is 16.1 Å². The van der Waals surface area contributed by atoms with Crippen LogP contribution in [0.5, 0.6) is 0 Å². The van der Waals surface area contributed by atoms with Crippen molar-refractivity contribution < 1.29 is 4.79 Å². The van der Waals surface area contributed by atoms with E-state index >= 15 is 0 Å². The second-order valence-electron chi connectivity index (χ2n) is 6.45. The van der Waals surface area contributed by atoms with E-state index < -0.39 is 0 Å². The van der Waals surface area contributed by atoms with Gasteiger partial charge in [0, 0.05) is 50.1 Å². The van der Waals surface area contributed by atoms with E-state index in [9.17, 15) is 4.79 Å². The molecule has 23 heavy (non-hydrogen) atoms. The average Bonchev–Trinajstić information content (AvgIpc) is 3.15. The van der Waals surface area contributed by atoms with Crippen LogP contribution in [0.4, 0.5) is 5.82 Å². The zero-order valence-corrected chi connectivity index (χ0v) is 14.3. The van der Waals surface area contributed by atoms with Crippen molar-refractivity contribution in [2.75, 3.05) is 31.1 Å². The predicted molar refractivity (Wildman–Crippen MR) is 92.0 cm³/mol. The van der Waals surface area contributed by atoms with Crippen molar-refractivity contribution in [1.82, 2.24) is 14.7 Å². The third-order valence-corrected chi connectivity index (χ3v) is 5.61. The van der Waals surface area contributed by atoms with Crippen molar-refractivity contribution in [3.8, 4) is 0 Å². The van der Waals surface area contributed by atoms with Crippen molar-refractivity contribution in [3.05, 3.63) is 34.2 Å². The maximum absolute atomic E-state index is 12.4. The van der Waals surface area contributed by atoms with Gasteiger partial charge in [-0.1, -0.05) is 6.07 Å². The van der Waals surface area contributed by atoms with Crippen LogP contribution in [0.3, 0.4) is 0 Å².